The fourth-order valence-electron chi connectivity index (χ4n) is 8.86. The summed E-state index contributed by atoms with van der Waals surface area (Å²) in [6.45, 7) is 7.97. The molecule has 10 heteroatoms. The van der Waals surface area contributed by atoms with Crippen LogP contribution >= 0.6 is 0 Å². The van der Waals surface area contributed by atoms with E-state index in [9.17, 15) is 17.6 Å². The lowest BCUT2D eigenvalue weighted by Gasteiger charge is -2.65. The molecule has 0 aliphatic heterocycles. The van der Waals surface area contributed by atoms with Gasteiger partial charge in [0.1, 0.15) is 11.5 Å². The number of carbonyl (C=O) groups is 1. The molecule has 2 aromatic heterocycles. The van der Waals surface area contributed by atoms with Crippen LogP contribution in [0.1, 0.15) is 87.9 Å². The molecule has 4 bridgehead atoms. The highest BCUT2D eigenvalue weighted by molar-refractivity contribution is 7.95. The maximum atomic E-state index is 14.7. The third-order valence-corrected chi connectivity index (χ3v) is 12.7. The molecule has 0 unspecified atom stereocenters. The number of anilines is 2. The summed E-state index contributed by atoms with van der Waals surface area (Å²) in [6, 6.07) is 13.2. The second-order valence-electron chi connectivity index (χ2n) is 14.8. The highest BCUT2D eigenvalue weighted by Gasteiger charge is 2.73. The number of halogens is 1. The number of hydrogen-bond donors (Lipinski definition) is 1. The predicted molar refractivity (Wildman–Crippen MR) is 177 cm³/mol. The first-order valence-electron chi connectivity index (χ1n) is 16.4. The maximum absolute atomic E-state index is 14.7. The molecule has 1 aromatic carbocycles. The number of fused-ring (bicyclic) bond motifs is 3. The zero-order valence-electron chi connectivity index (χ0n) is 26.1. The summed E-state index contributed by atoms with van der Waals surface area (Å²) < 4.78 is 42.9. The molecule has 240 valence electrons. The molecule has 8 nitrogen and oxygen atoms in total. The lowest BCUT2D eigenvalue weighted by molar-refractivity contribution is -0.211. The molecular formula is C36H40FN5O3S. The number of pyridine rings is 1. The van der Waals surface area contributed by atoms with Gasteiger partial charge in [0, 0.05) is 47.1 Å². The predicted octanol–water partition coefficient (Wildman–Crippen LogP) is 7.33. The second-order valence-corrected chi connectivity index (χ2v) is 16.4. The molecule has 0 saturated heterocycles. The summed E-state index contributed by atoms with van der Waals surface area (Å²) in [5, 5.41) is 5.76. The van der Waals surface area contributed by atoms with Crippen LogP contribution in [-0.2, 0) is 20.2 Å². The van der Waals surface area contributed by atoms with Crippen molar-refractivity contribution in [3.05, 3.63) is 78.6 Å². The maximum Gasteiger partial charge on any atom is 0.254 e. The number of aromatic nitrogens is 3. The summed E-state index contributed by atoms with van der Waals surface area (Å²) >= 11 is 0. The minimum Gasteiger partial charge on any atom is -0.296 e. The van der Waals surface area contributed by atoms with Gasteiger partial charge in [-0.1, -0.05) is 25.3 Å². The van der Waals surface area contributed by atoms with Gasteiger partial charge in [-0.25, -0.2) is 22.5 Å². The molecule has 46 heavy (non-hydrogen) atoms. The Morgan fingerprint density at radius 3 is 2.26 bits per heavy atom. The van der Waals surface area contributed by atoms with Crippen molar-refractivity contribution in [2.45, 2.75) is 87.6 Å². The Kier molecular flexibility index (Phi) is 6.50. The molecule has 0 spiro atoms. The Labute approximate surface area is 269 Å². The van der Waals surface area contributed by atoms with Crippen molar-refractivity contribution >= 4 is 33.6 Å². The van der Waals surface area contributed by atoms with Crippen LogP contribution in [0.4, 0.5) is 15.9 Å². The molecule has 0 atom stereocenters. The standard InChI is InChI=1S/C36H40FN5O3S/c1-3-42-30(20-29(39-42)26-5-6-26)34-15-12-33(13-16-34,14-17-34)24-41(32(43)35-21-36(37,22-35)23-35)31-19-27(11-18-38-31)25-7-9-28(10-8-25)40-46(44,45)4-2/h3-4,7-11,18-20,26,40H,1-2,5-6,12-17,21-24H2. The minimum atomic E-state index is -3.61. The smallest absolute Gasteiger partial charge is 0.254 e. The topological polar surface area (TPSA) is 97.2 Å². The van der Waals surface area contributed by atoms with Crippen LogP contribution in [0.15, 0.2) is 67.2 Å². The van der Waals surface area contributed by atoms with Gasteiger partial charge in [-0.05, 0) is 118 Å². The van der Waals surface area contributed by atoms with Gasteiger partial charge in [0.25, 0.3) is 10.0 Å². The molecule has 10 rings (SSSR count). The van der Waals surface area contributed by atoms with Gasteiger partial charge in [0.05, 0.1) is 11.1 Å². The van der Waals surface area contributed by atoms with E-state index in [0.29, 0.717) is 43.2 Å². The first kappa shape index (κ1) is 29.6. The van der Waals surface area contributed by atoms with Crippen molar-refractivity contribution in [2.75, 3.05) is 16.2 Å². The van der Waals surface area contributed by atoms with E-state index in [1.165, 1.54) is 24.2 Å². The molecule has 1 N–H and O–H groups in total. The van der Waals surface area contributed by atoms with E-state index in [-0.39, 0.29) is 16.7 Å². The average molecular weight is 642 g/mol. The van der Waals surface area contributed by atoms with Crippen LogP contribution in [0.3, 0.4) is 0 Å². The zero-order valence-corrected chi connectivity index (χ0v) is 26.9. The minimum absolute atomic E-state index is 0.00134. The van der Waals surface area contributed by atoms with Gasteiger partial charge < -0.3 is 0 Å². The second kappa shape index (κ2) is 10.1. The van der Waals surface area contributed by atoms with Crippen molar-refractivity contribution in [2.24, 2.45) is 10.8 Å². The number of rotatable bonds is 11. The van der Waals surface area contributed by atoms with Gasteiger partial charge in [-0.3, -0.25) is 14.4 Å². The molecule has 2 heterocycles. The number of amides is 1. The molecule has 1 amide bonds. The van der Waals surface area contributed by atoms with Gasteiger partial charge >= 0.3 is 0 Å². The van der Waals surface area contributed by atoms with E-state index in [1.54, 1.807) is 18.3 Å². The van der Waals surface area contributed by atoms with Crippen molar-refractivity contribution in [1.82, 2.24) is 14.8 Å². The third kappa shape index (κ3) is 4.82. The summed E-state index contributed by atoms with van der Waals surface area (Å²) in [7, 11) is -3.61. The number of sulfonamides is 1. The summed E-state index contributed by atoms with van der Waals surface area (Å²) in [5.41, 5.74) is 2.95. The SMILES string of the molecule is C=Cn1nc(C2CC2)cc1C12CCC(CN(C(=O)C34CC(F)(C3)C4)c3cc(-c4ccc(NS(=O)(=O)C=C)cc4)ccn3)(CC1)CC2. The largest absolute Gasteiger partial charge is 0.296 e. The Bertz CT molecular complexity index is 1820. The molecule has 0 radical (unpaired) electrons. The lowest BCUT2D eigenvalue weighted by Crippen LogP contribution is -2.71. The highest BCUT2D eigenvalue weighted by Crippen LogP contribution is 2.70. The zero-order chi connectivity index (χ0) is 32.0. The quantitative estimate of drug-likeness (QED) is 0.237. The summed E-state index contributed by atoms with van der Waals surface area (Å²) in [6.07, 6.45) is 13.1. The number of hydrogen-bond acceptors (Lipinski definition) is 5. The van der Waals surface area contributed by atoms with E-state index in [2.05, 4.69) is 23.9 Å². The Balaban J connectivity index is 1.06. The molecule has 7 aliphatic carbocycles. The number of carbonyl (C=O) groups excluding carboxylic acids is 1. The monoisotopic (exact) mass is 641 g/mol. The van der Waals surface area contributed by atoms with Crippen LogP contribution < -0.4 is 9.62 Å². The highest BCUT2D eigenvalue weighted by atomic mass is 32.2. The number of alkyl halides is 1. The van der Waals surface area contributed by atoms with Gasteiger partial charge in [0.15, 0.2) is 0 Å². The van der Waals surface area contributed by atoms with E-state index < -0.39 is 21.1 Å². The molecule has 7 aliphatic rings. The Hall–Kier alpha value is -3.79. The average Bonchev–Trinajstić information content (AvgIpc) is 3.80. The van der Waals surface area contributed by atoms with Crippen LogP contribution in [-0.4, -0.2) is 41.3 Å². The van der Waals surface area contributed by atoms with Gasteiger partial charge in [-0.2, -0.15) is 5.10 Å². The first-order valence-corrected chi connectivity index (χ1v) is 18.0. The Morgan fingerprint density at radius 2 is 1.67 bits per heavy atom. The fraction of sp³-hybridized carbons (Fsp3) is 0.472. The molecule has 7 saturated carbocycles. The van der Waals surface area contributed by atoms with E-state index in [1.807, 2.05) is 40.0 Å². The molecule has 7 fully saturated rings. The summed E-state index contributed by atoms with van der Waals surface area (Å²) in [4.78, 5) is 20.9. The third-order valence-electron chi connectivity index (χ3n) is 11.7. The lowest BCUT2D eigenvalue weighted by atomic mass is 9.41. The van der Waals surface area contributed by atoms with E-state index in [0.717, 1.165) is 55.1 Å². The van der Waals surface area contributed by atoms with Crippen LogP contribution in [0.25, 0.3) is 17.3 Å². The first-order chi connectivity index (χ1) is 22.0. The molecule has 3 aromatic rings. The summed E-state index contributed by atoms with van der Waals surface area (Å²) in [5.74, 6) is 1.18. The van der Waals surface area contributed by atoms with Gasteiger partial charge in [-0.15, -0.1) is 0 Å². The Morgan fingerprint density at radius 1 is 1.00 bits per heavy atom. The number of nitrogens with zero attached hydrogens (tertiary/aromatic N) is 4. The van der Waals surface area contributed by atoms with Crippen molar-refractivity contribution in [3.63, 3.8) is 0 Å². The van der Waals surface area contributed by atoms with E-state index >= 15 is 0 Å². The van der Waals surface area contributed by atoms with Crippen molar-refractivity contribution < 1.29 is 17.6 Å². The normalized spacial score (nSPS) is 31.0. The van der Waals surface area contributed by atoms with Crippen molar-refractivity contribution in [3.8, 4) is 11.1 Å². The van der Waals surface area contributed by atoms with Crippen molar-refractivity contribution in [1.29, 1.82) is 0 Å². The van der Waals surface area contributed by atoms with E-state index in [4.69, 9.17) is 10.1 Å². The number of nitrogens with one attached hydrogen (secondary N) is 1. The van der Waals surface area contributed by atoms with Crippen LogP contribution in [0, 0.1) is 10.8 Å². The number of benzene rings is 1. The van der Waals surface area contributed by atoms with Gasteiger partial charge in [0.2, 0.25) is 5.91 Å². The van der Waals surface area contributed by atoms with Crippen LogP contribution in [0.2, 0.25) is 0 Å². The van der Waals surface area contributed by atoms with Crippen LogP contribution in [0.5, 0.6) is 0 Å². The molecular weight excluding hydrogens is 601 g/mol. The fourth-order valence-corrected chi connectivity index (χ4v) is 9.41.